The number of carbonyl (C=O) groups excluding carboxylic acids is 2. The van der Waals surface area contributed by atoms with E-state index in [1.165, 1.54) is 0 Å². The molecular formula is C12H20O4. The lowest BCUT2D eigenvalue weighted by molar-refractivity contribution is -0.154. The summed E-state index contributed by atoms with van der Waals surface area (Å²) < 4.78 is 10.3. The maximum Gasteiger partial charge on any atom is 0.313 e. The highest BCUT2D eigenvalue weighted by Gasteiger charge is 2.51. The molecule has 4 heteroatoms. The molecule has 0 saturated carbocycles. The van der Waals surface area contributed by atoms with E-state index in [1.807, 2.05) is 20.8 Å². The van der Waals surface area contributed by atoms with Gasteiger partial charge in [0.25, 0.3) is 0 Å². The second-order valence-electron chi connectivity index (χ2n) is 5.29. The second-order valence-corrected chi connectivity index (χ2v) is 5.29. The minimum absolute atomic E-state index is 0.252. The molecule has 0 amide bonds. The van der Waals surface area contributed by atoms with Gasteiger partial charge in [-0.15, -0.1) is 0 Å². The molecule has 3 atom stereocenters. The first-order chi connectivity index (χ1) is 7.29. The molecule has 0 aromatic rings. The molecule has 92 valence electrons. The summed E-state index contributed by atoms with van der Waals surface area (Å²) in [6.45, 7) is 9.66. The lowest BCUT2D eigenvalue weighted by atomic mass is 9.78. The molecule has 0 aromatic carbocycles. The van der Waals surface area contributed by atoms with Crippen molar-refractivity contribution in [3.63, 3.8) is 0 Å². The van der Waals surface area contributed by atoms with E-state index >= 15 is 0 Å². The molecule has 1 aliphatic rings. The van der Waals surface area contributed by atoms with E-state index in [4.69, 9.17) is 9.47 Å². The summed E-state index contributed by atoms with van der Waals surface area (Å²) in [6.07, 6.45) is -0.394. The Kier molecular flexibility index (Phi) is 3.61. The normalized spacial score (nSPS) is 30.1. The number of hydrogen-bond acceptors (Lipinski definition) is 4. The fourth-order valence-corrected chi connectivity index (χ4v) is 2.00. The number of hydrogen-bond donors (Lipinski definition) is 0. The highest BCUT2D eigenvalue weighted by Crippen LogP contribution is 2.39. The Hall–Kier alpha value is -1.06. The quantitative estimate of drug-likeness (QED) is 0.676. The summed E-state index contributed by atoms with van der Waals surface area (Å²) >= 11 is 0. The van der Waals surface area contributed by atoms with Gasteiger partial charge in [-0.25, -0.2) is 0 Å². The first-order valence-electron chi connectivity index (χ1n) is 5.66. The van der Waals surface area contributed by atoms with Crippen molar-refractivity contribution in [1.29, 1.82) is 0 Å². The Morgan fingerprint density at radius 1 is 1.44 bits per heavy atom. The average molecular weight is 228 g/mol. The van der Waals surface area contributed by atoms with Gasteiger partial charge in [0, 0.05) is 0 Å². The molecule has 0 bridgehead atoms. The molecule has 0 aromatic heterocycles. The Morgan fingerprint density at radius 3 is 2.44 bits per heavy atom. The largest absolute Gasteiger partial charge is 0.466 e. The smallest absolute Gasteiger partial charge is 0.313 e. The van der Waals surface area contributed by atoms with Crippen molar-refractivity contribution in [1.82, 2.24) is 0 Å². The third-order valence-corrected chi connectivity index (χ3v) is 2.89. The Labute approximate surface area is 96.3 Å². The molecule has 1 rings (SSSR count). The van der Waals surface area contributed by atoms with Crippen LogP contribution in [0.1, 0.15) is 34.6 Å². The molecular weight excluding hydrogens is 208 g/mol. The Morgan fingerprint density at radius 2 is 2.00 bits per heavy atom. The van der Waals surface area contributed by atoms with Gasteiger partial charge < -0.3 is 9.47 Å². The molecule has 4 nitrogen and oxygen atoms in total. The predicted molar refractivity (Wildman–Crippen MR) is 58.6 cm³/mol. The number of carbonyl (C=O) groups is 2. The molecule has 0 spiro atoms. The number of esters is 2. The monoisotopic (exact) mass is 228 g/mol. The van der Waals surface area contributed by atoms with E-state index in [0.717, 1.165) is 0 Å². The first-order valence-corrected chi connectivity index (χ1v) is 5.66. The molecule has 0 N–H and O–H groups in total. The molecule has 0 aliphatic carbocycles. The molecule has 1 saturated heterocycles. The zero-order valence-electron chi connectivity index (χ0n) is 10.6. The van der Waals surface area contributed by atoms with Crippen molar-refractivity contribution in [3.8, 4) is 0 Å². The van der Waals surface area contributed by atoms with E-state index in [-0.39, 0.29) is 17.4 Å². The van der Waals surface area contributed by atoms with Gasteiger partial charge in [-0.3, -0.25) is 9.59 Å². The topological polar surface area (TPSA) is 52.6 Å². The van der Waals surface area contributed by atoms with Crippen molar-refractivity contribution in [2.45, 2.75) is 40.7 Å². The van der Waals surface area contributed by atoms with Crippen LogP contribution in [0.5, 0.6) is 0 Å². The van der Waals surface area contributed by atoms with Gasteiger partial charge >= 0.3 is 11.9 Å². The predicted octanol–water partition coefficient (Wildman–Crippen LogP) is 1.77. The van der Waals surface area contributed by atoms with Crippen LogP contribution in [0.4, 0.5) is 0 Å². The minimum atomic E-state index is -0.479. The van der Waals surface area contributed by atoms with Crippen LogP contribution in [0.3, 0.4) is 0 Å². The summed E-state index contributed by atoms with van der Waals surface area (Å²) in [5, 5.41) is 0. The van der Waals surface area contributed by atoms with Crippen molar-refractivity contribution >= 4 is 11.9 Å². The summed E-state index contributed by atoms with van der Waals surface area (Å²) in [6, 6.07) is 0. The molecule has 1 heterocycles. The summed E-state index contributed by atoms with van der Waals surface area (Å²) in [5.41, 5.74) is -0.252. The number of rotatable bonds is 2. The standard InChI is InChI=1S/C12H20O4/c1-6-15-11(14)8-7(2)10(13)16-9(8)12(3,4)5/h7-9H,6H2,1-5H3/t7-,8+,9+/m0/s1. The fourth-order valence-electron chi connectivity index (χ4n) is 2.00. The van der Waals surface area contributed by atoms with Crippen molar-refractivity contribution in [2.75, 3.05) is 6.61 Å². The lowest BCUT2D eigenvalue weighted by Gasteiger charge is -2.29. The second kappa shape index (κ2) is 4.44. The minimum Gasteiger partial charge on any atom is -0.466 e. The maximum absolute atomic E-state index is 11.8. The number of cyclic esters (lactones) is 1. The number of ether oxygens (including phenoxy) is 2. The van der Waals surface area contributed by atoms with Crippen LogP contribution in [-0.4, -0.2) is 24.6 Å². The van der Waals surface area contributed by atoms with E-state index < -0.39 is 17.9 Å². The van der Waals surface area contributed by atoms with E-state index in [1.54, 1.807) is 13.8 Å². The van der Waals surface area contributed by atoms with E-state index in [2.05, 4.69) is 0 Å². The first kappa shape index (κ1) is 13.0. The highest BCUT2D eigenvalue weighted by molar-refractivity contribution is 5.85. The molecule has 16 heavy (non-hydrogen) atoms. The van der Waals surface area contributed by atoms with Gasteiger partial charge in [-0.2, -0.15) is 0 Å². The SMILES string of the molecule is CCOC(=O)[C@@H]1[C@H](C)C(=O)O[C@H]1C(C)(C)C. The van der Waals surface area contributed by atoms with Crippen molar-refractivity contribution < 1.29 is 19.1 Å². The molecule has 0 unspecified atom stereocenters. The zero-order valence-corrected chi connectivity index (χ0v) is 10.6. The van der Waals surface area contributed by atoms with Crippen LogP contribution in [0.25, 0.3) is 0 Å². The van der Waals surface area contributed by atoms with Crippen molar-refractivity contribution in [3.05, 3.63) is 0 Å². The van der Waals surface area contributed by atoms with Crippen molar-refractivity contribution in [2.24, 2.45) is 17.3 Å². The lowest BCUT2D eigenvalue weighted by Crippen LogP contribution is -2.38. The van der Waals surface area contributed by atoms with Gasteiger partial charge in [0.2, 0.25) is 0 Å². The van der Waals surface area contributed by atoms with Gasteiger partial charge in [0.05, 0.1) is 12.5 Å². The van der Waals surface area contributed by atoms with Crippen LogP contribution in [0.15, 0.2) is 0 Å². The maximum atomic E-state index is 11.8. The van der Waals surface area contributed by atoms with Crippen LogP contribution in [0, 0.1) is 17.3 Å². The van der Waals surface area contributed by atoms with Gasteiger partial charge in [-0.1, -0.05) is 27.7 Å². The van der Waals surface area contributed by atoms with Crippen LogP contribution in [-0.2, 0) is 19.1 Å². The van der Waals surface area contributed by atoms with Gasteiger partial charge in [0.15, 0.2) is 0 Å². The van der Waals surface area contributed by atoms with Crippen LogP contribution in [0.2, 0.25) is 0 Å². The van der Waals surface area contributed by atoms with Gasteiger partial charge in [-0.05, 0) is 12.3 Å². The van der Waals surface area contributed by atoms with E-state index in [0.29, 0.717) is 6.61 Å². The molecule has 1 fully saturated rings. The highest BCUT2D eigenvalue weighted by atomic mass is 16.6. The Bertz CT molecular complexity index is 290. The van der Waals surface area contributed by atoms with Crippen LogP contribution >= 0.6 is 0 Å². The summed E-state index contributed by atoms with van der Waals surface area (Å²) in [4.78, 5) is 23.3. The third kappa shape index (κ3) is 2.36. The molecule has 1 aliphatic heterocycles. The molecule has 0 radical (unpaired) electrons. The summed E-state index contributed by atoms with van der Waals surface area (Å²) in [7, 11) is 0. The summed E-state index contributed by atoms with van der Waals surface area (Å²) in [5.74, 6) is -1.53. The average Bonchev–Trinajstić information content (AvgIpc) is 2.43. The zero-order chi connectivity index (χ0) is 12.5. The van der Waals surface area contributed by atoms with Gasteiger partial charge in [0.1, 0.15) is 12.0 Å². The van der Waals surface area contributed by atoms with Crippen LogP contribution < -0.4 is 0 Å². The van der Waals surface area contributed by atoms with E-state index in [9.17, 15) is 9.59 Å². The fraction of sp³-hybridized carbons (Fsp3) is 0.833. The third-order valence-electron chi connectivity index (χ3n) is 2.89. The Balaban J connectivity index is 2.92.